The van der Waals surface area contributed by atoms with Gasteiger partial charge in [-0.2, -0.15) is 23.4 Å². The molecule has 0 bridgehead atoms. The lowest BCUT2D eigenvalue weighted by Gasteiger charge is -2.27. The number of amides is 1. The van der Waals surface area contributed by atoms with E-state index >= 15 is 0 Å². The quantitative estimate of drug-likeness (QED) is 0.310. The number of alkyl halides is 3. The molecule has 0 atom stereocenters. The highest BCUT2D eigenvalue weighted by atomic mass is 19.4. The zero-order chi connectivity index (χ0) is 29.4. The first-order valence-electron chi connectivity index (χ1n) is 13.1. The second-order valence-electron chi connectivity index (χ2n) is 9.91. The molecule has 1 amide bonds. The van der Waals surface area contributed by atoms with E-state index in [0.29, 0.717) is 54.6 Å². The summed E-state index contributed by atoms with van der Waals surface area (Å²) in [6.07, 6.45) is 1.77. The third-order valence-corrected chi connectivity index (χ3v) is 7.10. The van der Waals surface area contributed by atoms with Gasteiger partial charge in [-0.25, -0.2) is 19.2 Å². The minimum atomic E-state index is -4.61. The Morgan fingerprint density at radius 2 is 1.88 bits per heavy atom. The van der Waals surface area contributed by atoms with Crippen LogP contribution in [0.2, 0.25) is 0 Å². The minimum absolute atomic E-state index is 0.0922. The van der Waals surface area contributed by atoms with Crippen LogP contribution in [0.3, 0.4) is 0 Å². The molecule has 1 saturated heterocycles. The summed E-state index contributed by atoms with van der Waals surface area (Å²) in [7, 11) is 0. The number of hydrogen-bond donors (Lipinski definition) is 2. The Morgan fingerprint density at radius 1 is 1.07 bits per heavy atom. The molecule has 4 heterocycles. The number of nitrogens with zero attached hydrogens (tertiary/aromatic N) is 7. The Bertz CT molecular complexity index is 1770. The van der Waals surface area contributed by atoms with Crippen molar-refractivity contribution < 1.29 is 22.7 Å². The van der Waals surface area contributed by atoms with E-state index in [1.165, 1.54) is 18.5 Å². The van der Waals surface area contributed by atoms with Crippen molar-refractivity contribution in [3.8, 4) is 16.9 Å². The lowest BCUT2D eigenvalue weighted by Crippen LogP contribution is -2.36. The Labute approximate surface area is 237 Å². The molecule has 6 rings (SSSR count). The van der Waals surface area contributed by atoms with Crippen LogP contribution in [0, 0.1) is 6.92 Å². The fraction of sp³-hybridized carbons (Fsp3) is 0.250. The normalized spacial score (nSPS) is 14.4. The summed E-state index contributed by atoms with van der Waals surface area (Å²) in [5.74, 6) is -0.408. The highest BCUT2D eigenvalue weighted by Gasteiger charge is 2.34. The number of nitrogens with one attached hydrogen (secondary N) is 1. The van der Waals surface area contributed by atoms with Crippen molar-refractivity contribution >= 4 is 23.1 Å². The van der Waals surface area contributed by atoms with E-state index < -0.39 is 17.6 Å². The van der Waals surface area contributed by atoms with Crippen molar-refractivity contribution in [2.24, 2.45) is 0 Å². The van der Waals surface area contributed by atoms with Crippen molar-refractivity contribution in [3.05, 3.63) is 83.6 Å². The molecule has 2 aromatic carbocycles. The number of nitrogens with two attached hydrogens (primary N) is 1. The lowest BCUT2D eigenvalue weighted by atomic mass is 10.0. The van der Waals surface area contributed by atoms with Crippen LogP contribution in [-0.2, 0) is 17.5 Å². The zero-order valence-corrected chi connectivity index (χ0v) is 22.5. The number of carbonyl (C=O) groups excluding carboxylic acids is 1. The first-order chi connectivity index (χ1) is 20.2. The summed E-state index contributed by atoms with van der Waals surface area (Å²) in [4.78, 5) is 23.2. The van der Waals surface area contributed by atoms with E-state index in [1.54, 1.807) is 46.0 Å². The number of aromatic nitrogens is 6. The highest BCUT2D eigenvalue weighted by molar-refractivity contribution is 6.04. The molecule has 0 spiro atoms. The number of aryl methyl sites for hydroxylation is 1. The molecule has 14 heteroatoms. The summed E-state index contributed by atoms with van der Waals surface area (Å²) < 4.78 is 50.4. The maximum Gasteiger partial charge on any atom is 0.416 e. The van der Waals surface area contributed by atoms with Crippen LogP contribution >= 0.6 is 0 Å². The minimum Gasteiger partial charge on any atom is -0.381 e. The molecule has 5 aromatic rings. The van der Waals surface area contributed by atoms with Gasteiger partial charge in [-0.15, -0.1) is 0 Å². The van der Waals surface area contributed by atoms with Crippen molar-refractivity contribution in [3.63, 3.8) is 0 Å². The van der Waals surface area contributed by atoms with Gasteiger partial charge in [0, 0.05) is 42.6 Å². The van der Waals surface area contributed by atoms with E-state index in [-0.39, 0.29) is 23.5 Å². The summed E-state index contributed by atoms with van der Waals surface area (Å²) in [5, 5.41) is 11.4. The first-order valence-corrected chi connectivity index (χ1v) is 13.1. The predicted molar refractivity (Wildman–Crippen MR) is 148 cm³/mol. The van der Waals surface area contributed by atoms with Crippen LogP contribution in [0.15, 0.2) is 61.3 Å². The van der Waals surface area contributed by atoms with Gasteiger partial charge in [-0.1, -0.05) is 12.1 Å². The van der Waals surface area contributed by atoms with Gasteiger partial charge >= 0.3 is 6.18 Å². The summed E-state index contributed by atoms with van der Waals surface area (Å²) in [6, 6.07) is 8.88. The Hall–Kier alpha value is -4.82. The van der Waals surface area contributed by atoms with Gasteiger partial charge in [0.1, 0.15) is 6.33 Å². The molecule has 0 radical (unpaired) electrons. The molecule has 0 unspecified atom stereocenters. The number of ether oxygens (including phenoxy) is 1. The van der Waals surface area contributed by atoms with Crippen molar-refractivity contribution in [1.82, 2.24) is 34.3 Å². The van der Waals surface area contributed by atoms with E-state index in [0.717, 1.165) is 11.6 Å². The van der Waals surface area contributed by atoms with Gasteiger partial charge < -0.3 is 15.8 Å². The average Bonchev–Trinajstić information content (AvgIpc) is 3.62. The fourth-order valence-electron chi connectivity index (χ4n) is 4.88. The van der Waals surface area contributed by atoms with Gasteiger partial charge in [0.2, 0.25) is 0 Å². The van der Waals surface area contributed by atoms with E-state index in [4.69, 9.17) is 10.5 Å². The van der Waals surface area contributed by atoms with Crippen LogP contribution in [-0.4, -0.2) is 66.5 Å². The summed E-state index contributed by atoms with van der Waals surface area (Å²) >= 11 is 0. The summed E-state index contributed by atoms with van der Waals surface area (Å²) in [6.45, 7) is 4.07. The average molecular weight is 578 g/mol. The van der Waals surface area contributed by atoms with Crippen LogP contribution in [0.5, 0.6) is 0 Å². The van der Waals surface area contributed by atoms with Gasteiger partial charge in [0.05, 0.1) is 42.6 Å². The lowest BCUT2D eigenvalue weighted by molar-refractivity contribution is -0.138. The van der Waals surface area contributed by atoms with Crippen molar-refractivity contribution in [2.45, 2.75) is 19.6 Å². The monoisotopic (exact) mass is 577 g/mol. The van der Waals surface area contributed by atoms with Gasteiger partial charge in [0.15, 0.2) is 11.5 Å². The number of morpholine rings is 1. The standard InChI is InChI=1S/C28H26F3N9O2/c1-17-2-5-21(11-23(17)39-15-20(12-35-39)24-13-33-26-25(32)34-16-36-40(24)26)37-27(41)18-3-4-19(22(10-18)28(29,30)31)14-38-6-8-42-9-7-38/h2-5,10-13,15-16H,6-9,14H2,1H3,(H,37,41)(H2,32,34,36). The molecule has 0 aliphatic carbocycles. The number of anilines is 2. The van der Waals surface area contributed by atoms with Crippen molar-refractivity contribution in [2.75, 3.05) is 37.4 Å². The van der Waals surface area contributed by atoms with E-state index in [1.807, 2.05) is 11.8 Å². The molecule has 216 valence electrons. The molecule has 3 N–H and O–H groups in total. The zero-order valence-electron chi connectivity index (χ0n) is 22.5. The largest absolute Gasteiger partial charge is 0.416 e. The molecule has 1 fully saturated rings. The smallest absolute Gasteiger partial charge is 0.381 e. The van der Waals surface area contributed by atoms with Crippen LogP contribution in [0.25, 0.3) is 22.6 Å². The summed E-state index contributed by atoms with van der Waals surface area (Å²) in [5.41, 5.74) is 8.81. The molecular weight excluding hydrogens is 551 g/mol. The SMILES string of the molecule is Cc1ccc(NC(=O)c2ccc(CN3CCOCC3)c(C(F)(F)F)c2)cc1-n1cc(-c2cnc3c(N)ncnn23)cn1. The number of carbonyl (C=O) groups is 1. The second-order valence-corrected chi connectivity index (χ2v) is 9.91. The maximum atomic E-state index is 14.0. The Morgan fingerprint density at radius 3 is 2.67 bits per heavy atom. The fourth-order valence-corrected chi connectivity index (χ4v) is 4.88. The number of rotatable bonds is 6. The molecule has 1 aliphatic heterocycles. The van der Waals surface area contributed by atoms with E-state index in [2.05, 4.69) is 25.5 Å². The Kier molecular flexibility index (Phi) is 7.08. The third kappa shape index (κ3) is 5.41. The Balaban J connectivity index is 1.24. The molecule has 1 aliphatic rings. The molecular formula is C28H26F3N9O2. The number of hydrogen-bond acceptors (Lipinski definition) is 8. The van der Waals surface area contributed by atoms with Crippen LogP contribution in [0.1, 0.15) is 27.0 Å². The van der Waals surface area contributed by atoms with Gasteiger partial charge in [0.25, 0.3) is 5.91 Å². The number of fused-ring (bicyclic) bond motifs is 1. The van der Waals surface area contributed by atoms with Crippen LogP contribution < -0.4 is 11.1 Å². The molecule has 42 heavy (non-hydrogen) atoms. The predicted octanol–water partition coefficient (Wildman–Crippen LogP) is 3.97. The van der Waals surface area contributed by atoms with Crippen molar-refractivity contribution in [1.29, 1.82) is 0 Å². The topological polar surface area (TPSA) is 128 Å². The van der Waals surface area contributed by atoms with Gasteiger partial charge in [-0.3, -0.25) is 9.69 Å². The highest BCUT2D eigenvalue weighted by Crippen LogP contribution is 2.34. The second kappa shape index (κ2) is 10.9. The maximum absolute atomic E-state index is 14.0. The number of benzene rings is 2. The molecule has 0 saturated carbocycles. The number of imidazole rings is 1. The van der Waals surface area contributed by atoms with Crippen LogP contribution in [0.4, 0.5) is 24.7 Å². The van der Waals surface area contributed by atoms with Gasteiger partial charge in [-0.05, 0) is 42.3 Å². The molecule has 11 nitrogen and oxygen atoms in total. The number of halogens is 3. The molecule has 3 aromatic heterocycles. The number of nitrogen functional groups attached to an aromatic ring is 1. The third-order valence-electron chi connectivity index (χ3n) is 7.10. The van der Waals surface area contributed by atoms with E-state index in [9.17, 15) is 18.0 Å². The first kappa shape index (κ1) is 27.4.